The third kappa shape index (κ3) is 3.08. The van der Waals surface area contributed by atoms with E-state index in [1.165, 1.54) is 10.9 Å². The van der Waals surface area contributed by atoms with Crippen molar-refractivity contribution in [3.8, 4) is 5.75 Å². The van der Waals surface area contributed by atoms with E-state index in [0.29, 0.717) is 26.1 Å². The average molecular weight is 441 g/mol. The van der Waals surface area contributed by atoms with Gasteiger partial charge in [0.2, 0.25) is 5.91 Å². The van der Waals surface area contributed by atoms with Crippen molar-refractivity contribution in [1.29, 1.82) is 0 Å². The number of aromatic nitrogens is 2. The second-order valence-electron chi connectivity index (χ2n) is 8.62. The molecule has 0 unspecified atom stereocenters. The Morgan fingerprint density at radius 3 is 2.81 bits per heavy atom. The van der Waals surface area contributed by atoms with Crippen molar-refractivity contribution in [3.63, 3.8) is 0 Å². The molecule has 8 heteroatoms. The molecule has 4 heterocycles. The fraction of sp³-hybridized carbons (Fsp3) is 0.478. The van der Waals surface area contributed by atoms with Crippen LogP contribution in [0.5, 0.6) is 5.75 Å². The van der Waals surface area contributed by atoms with Gasteiger partial charge in [0.1, 0.15) is 10.8 Å². The lowest BCUT2D eigenvalue weighted by molar-refractivity contribution is -0.140. The molecule has 0 bridgehead atoms. The molecule has 1 N–H and O–H groups in total. The zero-order valence-electron chi connectivity index (χ0n) is 18.2. The number of carbonyl (C=O) groups is 1. The van der Waals surface area contributed by atoms with Gasteiger partial charge in [-0.1, -0.05) is 6.92 Å². The van der Waals surface area contributed by atoms with Crippen molar-refractivity contribution in [2.24, 2.45) is 7.05 Å². The van der Waals surface area contributed by atoms with E-state index in [-0.39, 0.29) is 24.0 Å². The van der Waals surface area contributed by atoms with Crippen LogP contribution in [0.15, 0.2) is 29.8 Å². The van der Waals surface area contributed by atoms with E-state index in [1.54, 1.807) is 18.4 Å². The lowest BCUT2D eigenvalue weighted by atomic mass is 9.68. The number of rotatable bonds is 5. The fourth-order valence-corrected chi connectivity index (χ4v) is 6.12. The van der Waals surface area contributed by atoms with E-state index < -0.39 is 0 Å². The fourth-order valence-electron chi connectivity index (χ4n) is 5.48. The van der Waals surface area contributed by atoms with Gasteiger partial charge >= 0.3 is 0 Å². The summed E-state index contributed by atoms with van der Waals surface area (Å²) in [5.74, 6) is 1.01. The molecule has 0 radical (unpaired) electrons. The number of benzene rings is 1. The molecule has 1 spiro atoms. The number of ether oxygens (including phenoxy) is 1. The second kappa shape index (κ2) is 7.62. The highest BCUT2D eigenvalue weighted by Crippen LogP contribution is 2.50. The van der Waals surface area contributed by atoms with Gasteiger partial charge in [-0.05, 0) is 17.7 Å². The zero-order valence-corrected chi connectivity index (χ0v) is 19.0. The maximum atomic E-state index is 12.4. The molecule has 1 aromatic carbocycles. The van der Waals surface area contributed by atoms with Gasteiger partial charge in [0, 0.05) is 67.2 Å². The van der Waals surface area contributed by atoms with Crippen LogP contribution in [0.3, 0.4) is 0 Å². The standard InChI is InChI=1S/C23H28N4O3S/c1-4-20(29)27-13-23(14-27)12-26(10-19-24-7-8-31-19)18(11-28)22-21(23)16-6-5-15(30-3)9-17(16)25(22)2/h5-9,18,28H,4,10-14H2,1-3H3/t18-/m1/s1. The normalized spacial score (nSPS) is 20.1. The van der Waals surface area contributed by atoms with Gasteiger partial charge in [0.05, 0.1) is 31.8 Å². The SMILES string of the molecule is CCC(=O)N1CC2(C1)CN(Cc1nccs1)[C@H](CO)c1c2c2ccc(OC)cc2n1C. The van der Waals surface area contributed by atoms with Crippen molar-refractivity contribution in [3.05, 3.63) is 46.0 Å². The number of fused-ring (bicyclic) bond motifs is 4. The number of aliphatic hydroxyl groups excluding tert-OH is 1. The van der Waals surface area contributed by atoms with E-state index in [1.807, 2.05) is 29.5 Å². The smallest absolute Gasteiger partial charge is 0.222 e. The summed E-state index contributed by atoms with van der Waals surface area (Å²) in [6.45, 7) is 4.86. The first kappa shape index (κ1) is 20.5. The van der Waals surface area contributed by atoms with Crippen LogP contribution in [0, 0.1) is 0 Å². The van der Waals surface area contributed by atoms with E-state index in [2.05, 4.69) is 33.6 Å². The monoisotopic (exact) mass is 440 g/mol. The van der Waals surface area contributed by atoms with E-state index >= 15 is 0 Å². The van der Waals surface area contributed by atoms with Crippen molar-refractivity contribution in [2.75, 3.05) is 33.4 Å². The number of aryl methyl sites for hydroxylation is 1. The van der Waals surface area contributed by atoms with Crippen molar-refractivity contribution in [2.45, 2.75) is 31.3 Å². The molecule has 7 nitrogen and oxygen atoms in total. The highest BCUT2D eigenvalue weighted by atomic mass is 32.1. The summed E-state index contributed by atoms with van der Waals surface area (Å²) in [7, 11) is 3.75. The second-order valence-corrected chi connectivity index (χ2v) is 9.59. The van der Waals surface area contributed by atoms with Gasteiger partial charge < -0.3 is 19.3 Å². The molecule has 1 amide bonds. The minimum Gasteiger partial charge on any atom is -0.497 e. The Morgan fingerprint density at radius 1 is 1.35 bits per heavy atom. The third-order valence-corrected chi connectivity index (χ3v) is 7.65. The molecule has 5 rings (SSSR count). The van der Waals surface area contributed by atoms with Gasteiger partial charge in [-0.3, -0.25) is 9.69 Å². The number of nitrogens with zero attached hydrogens (tertiary/aromatic N) is 4. The summed E-state index contributed by atoms with van der Waals surface area (Å²) in [5, 5.41) is 14.7. The molecule has 2 aliphatic heterocycles. The number of amides is 1. The first-order valence-corrected chi connectivity index (χ1v) is 11.6. The van der Waals surface area contributed by atoms with Crippen LogP contribution in [0.2, 0.25) is 0 Å². The van der Waals surface area contributed by atoms with Crippen LogP contribution in [0.1, 0.15) is 35.7 Å². The zero-order chi connectivity index (χ0) is 21.8. The molecule has 1 saturated heterocycles. The largest absolute Gasteiger partial charge is 0.497 e. The van der Waals surface area contributed by atoms with Crippen LogP contribution in [-0.4, -0.2) is 63.7 Å². The first-order valence-electron chi connectivity index (χ1n) is 10.7. The molecule has 1 fully saturated rings. The lowest BCUT2D eigenvalue weighted by Crippen LogP contribution is -2.67. The summed E-state index contributed by atoms with van der Waals surface area (Å²) < 4.78 is 7.68. The highest BCUT2D eigenvalue weighted by Gasteiger charge is 2.54. The average Bonchev–Trinajstić information content (AvgIpc) is 3.37. The van der Waals surface area contributed by atoms with Gasteiger partial charge in [-0.15, -0.1) is 11.3 Å². The van der Waals surface area contributed by atoms with Crippen LogP contribution in [-0.2, 0) is 23.8 Å². The minimum atomic E-state index is -0.142. The number of thiazole rings is 1. The van der Waals surface area contributed by atoms with Gasteiger partial charge in [-0.2, -0.15) is 0 Å². The van der Waals surface area contributed by atoms with E-state index in [4.69, 9.17) is 4.74 Å². The van der Waals surface area contributed by atoms with Gasteiger partial charge in [-0.25, -0.2) is 4.98 Å². The maximum absolute atomic E-state index is 12.4. The third-order valence-electron chi connectivity index (χ3n) is 6.88. The number of hydrogen-bond acceptors (Lipinski definition) is 6. The number of carbonyl (C=O) groups excluding carboxylic acids is 1. The topological polar surface area (TPSA) is 70.8 Å². The van der Waals surface area contributed by atoms with Crippen LogP contribution >= 0.6 is 11.3 Å². The summed E-state index contributed by atoms with van der Waals surface area (Å²) in [4.78, 5) is 21.2. The highest BCUT2D eigenvalue weighted by molar-refractivity contribution is 7.09. The molecule has 0 aliphatic carbocycles. The Kier molecular flexibility index (Phi) is 5.03. The van der Waals surface area contributed by atoms with E-state index in [9.17, 15) is 9.90 Å². The summed E-state index contributed by atoms with van der Waals surface area (Å²) in [6.07, 6.45) is 2.35. The Bertz CT molecular complexity index is 1120. The first-order chi connectivity index (χ1) is 15.0. The number of likely N-dealkylation sites (tertiary alicyclic amines) is 1. The minimum absolute atomic E-state index is 0.0351. The van der Waals surface area contributed by atoms with Crippen molar-refractivity contribution in [1.82, 2.24) is 19.4 Å². The molecular formula is C23H28N4O3S. The van der Waals surface area contributed by atoms with E-state index in [0.717, 1.165) is 28.5 Å². The summed E-state index contributed by atoms with van der Waals surface area (Å²) in [5.41, 5.74) is 3.37. The van der Waals surface area contributed by atoms with Crippen molar-refractivity contribution < 1.29 is 14.6 Å². The predicted molar refractivity (Wildman–Crippen MR) is 120 cm³/mol. The summed E-state index contributed by atoms with van der Waals surface area (Å²) in [6, 6.07) is 6.07. The molecule has 3 aromatic rings. The number of hydrogen-bond donors (Lipinski definition) is 1. The summed E-state index contributed by atoms with van der Waals surface area (Å²) >= 11 is 1.64. The Morgan fingerprint density at radius 2 is 2.16 bits per heavy atom. The van der Waals surface area contributed by atoms with Crippen LogP contribution in [0.25, 0.3) is 10.9 Å². The Hall–Kier alpha value is -2.42. The molecule has 0 saturated carbocycles. The van der Waals surface area contributed by atoms with Gasteiger partial charge in [0.15, 0.2) is 0 Å². The van der Waals surface area contributed by atoms with Crippen LogP contribution < -0.4 is 4.74 Å². The quantitative estimate of drug-likeness (QED) is 0.661. The predicted octanol–water partition coefficient (Wildman–Crippen LogP) is 2.68. The number of methoxy groups -OCH3 is 1. The number of aliphatic hydroxyl groups is 1. The molecule has 2 aliphatic rings. The van der Waals surface area contributed by atoms with Crippen molar-refractivity contribution >= 4 is 28.1 Å². The Labute approximate surface area is 185 Å². The lowest BCUT2D eigenvalue weighted by Gasteiger charge is -2.56. The van der Waals surface area contributed by atoms with Crippen LogP contribution in [0.4, 0.5) is 0 Å². The van der Waals surface area contributed by atoms with Gasteiger partial charge in [0.25, 0.3) is 0 Å². The maximum Gasteiger partial charge on any atom is 0.222 e. The molecular weight excluding hydrogens is 412 g/mol. The molecule has 31 heavy (non-hydrogen) atoms. The molecule has 2 aromatic heterocycles. The molecule has 164 valence electrons. The molecule has 1 atom stereocenters. The Balaban J connectivity index is 1.66.